The summed E-state index contributed by atoms with van der Waals surface area (Å²) in [6.45, 7) is 2.09. The van der Waals surface area contributed by atoms with Crippen LogP contribution >= 0.6 is 11.8 Å². The molecule has 0 atom stereocenters. The van der Waals surface area contributed by atoms with Gasteiger partial charge < -0.3 is 9.64 Å². The minimum absolute atomic E-state index is 0.00910. The second-order valence-electron chi connectivity index (χ2n) is 6.49. The number of nitrogens with one attached hydrogen (secondary N) is 1. The van der Waals surface area contributed by atoms with Crippen LogP contribution < -0.4 is 9.46 Å². The first-order valence-electron chi connectivity index (χ1n) is 8.81. The van der Waals surface area contributed by atoms with Gasteiger partial charge >= 0.3 is 0 Å². The topological polar surface area (TPSA) is 106 Å². The fraction of sp³-hybridized carbons (Fsp3) is 0.316. The highest BCUT2D eigenvalue weighted by atomic mass is 32.2. The van der Waals surface area contributed by atoms with E-state index in [-0.39, 0.29) is 45.3 Å². The Bertz CT molecular complexity index is 1010. The number of hydrogen-bond acceptors (Lipinski definition) is 8. The van der Waals surface area contributed by atoms with E-state index in [1.54, 1.807) is 0 Å². The molecule has 11 heteroatoms. The van der Waals surface area contributed by atoms with E-state index in [4.69, 9.17) is 4.74 Å². The lowest BCUT2D eigenvalue weighted by Crippen LogP contribution is -2.20. The molecule has 0 aliphatic carbocycles. The summed E-state index contributed by atoms with van der Waals surface area (Å²) in [7, 11) is -0.388. The largest absolute Gasteiger partial charge is 0.489 e. The van der Waals surface area contributed by atoms with Crippen molar-refractivity contribution in [3.63, 3.8) is 0 Å². The molecule has 2 rings (SSSR count). The maximum Gasteiger partial charge on any atom is 0.263 e. The van der Waals surface area contributed by atoms with Gasteiger partial charge in [0, 0.05) is 31.3 Å². The average Bonchev–Trinajstić information content (AvgIpc) is 2.67. The third-order valence-electron chi connectivity index (χ3n) is 3.74. The van der Waals surface area contributed by atoms with Gasteiger partial charge in [0.2, 0.25) is 0 Å². The van der Waals surface area contributed by atoms with Crippen molar-refractivity contribution in [3.05, 3.63) is 47.9 Å². The highest BCUT2D eigenvalue weighted by molar-refractivity contribution is 8.14. The summed E-state index contributed by atoms with van der Waals surface area (Å²) in [4.78, 5) is 28.5. The summed E-state index contributed by atoms with van der Waals surface area (Å²) in [6, 6.07) is 5.98. The van der Waals surface area contributed by atoms with Crippen LogP contribution in [0.2, 0.25) is 0 Å². The first-order valence-corrected chi connectivity index (χ1v) is 11.3. The van der Waals surface area contributed by atoms with Crippen LogP contribution in [0.3, 0.4) is 0 Å². The lowest BCUT2D eigenvalue weighted by molar-refractivity contribution is -0.109. The average molecular weight is 456 g/mol. The summed E-state index contributed by atoms with van der Waals surface area (Å²) >= 11 is 0.882. The number of hydrogen-bond donors (Lipinski definition) is 1. The van der Waals surface area contributed by atoms with E-state index < -0.39 is 15.8 Å². The van der Waals surface area contributed by atoms with Crippen molar-refractivity contribution in [1.82, 2.24) is 9.88 Å². The van der Waals surface area contributed by atoms with Crippen molar-refractivity contribution in [2.75, 3.05) is 37.7 Å². The molecule has 2 aromatic rings. The standard InChI is InChI=1S/C19H22FN3O5S2/c1-13(24)29-12-17(25)14-4-7-19(21-11-14)22-30(26,27)15-5-6-16(20)18(10-15)28-9-8-23(2)3/h4-7,10-11H,8-9,12H2,1-3H3,(H,21,22). The number of anilines is 1. The summed E-state index contributed by atoms with van der Waals surface area (Å²) in [5.74, 6) is -1.16. The third-order valence-corrected chi connectivity index (χ3v) is 5.91. The quantitative estimate of drug-likeness (QED) is 0.545. The number of thioether (sulfide) groups is 1. The van der Waals surface area contributed by atoms with Gasteiger partial charge in [0.15, 0.2) is 22.5 Å². The molecule has 1 N–H and O–H groups in total. The van der Waals surface area contributed by atoms with Gasteiger partial charge in [-0.25, -0.2) is 17.8 Å². The summed E-state index contributed by atoms with van der Waals surface area (Å²) < 4.78 is 46.7. The molecule has 1 aromatic carbocycles. The smallest absolute Gasteiger partial charge is 0.263 e. The van der Waals surface area contributed by atoms with Crippen molar-refractivity contribution in [3.8, 4) is 5.75 Å². The van der Waals surface area contributed by atoms with E-state index in [0.717, 1.165) is 30.0 Å². The summed E-state index contributed by atoms with van der Waals surface area (Å²) in [6.07, 6.45) is 1.22. The van der Waals surface area contributed by atoms with E-state index in [1.807, 2.05) is 19.0 Å². The van der Waals surface area contributed by atoms with Gasteiger partial charge in [-0.3, -0.25) is 14.3 Å². The number of pyridine rings is 1. The molecular formula is C19H22FN3O5S2. The SMILES string of the molecule is CC(=O)SCC(=O)c1ccc(NS(=O)(=O)c2ccc(F)c(OCCN(C)C)c2)nc1. The van der Waals surface area contributed by atoms with Crippen molar-refractivity contribution in [2.45, 2.75) is 11.8 Å². The zero-order valence-electron chi connectivity index (χ0n) is 16.7. The second-order valence-corrected chi connectivity index (χ2v) is 9.32. The number of halogens is 1. The number of carbonyl (C=O) groups excluding carboxylic acids is 2. The zero-order chi connectivity index (χ0) is 22.3. The predicted octanol–water partition coefficient (Wildman–Crippen LogP) is 2.42. The Labute approximate surface area is 178 Å². The predicted molar refractivity (Wildman–Crippen MR) is 113 cm³/mol. The second kappa shape index (κ2) is 10.5. The molecule has 162 valence electrons. The van der Waals surface area contributed by atoms with Crippen LogP contribution in [0.1, 0.15) is 17.3 Å². The third kappa shape index (κ3) is 7.08. The van der Waals surface area contributed by atoms with E-state index in [1.165, 1.54) is 25.3 Å². The van der Waals surface area contributed by atoms with Crippen LogP contribution in [0, 0.1) is 5.82 Å². The van der Waals surface area contributed by atoms with Crippen molar-refractivity contribution >= 4 is 38.5 Å². The number of nitrogens with zero attached hydrogens (tertiary/aromatic N) is 2. The lowest BCUT2D eigenvalue weighted by Gasteiger charge is -2.13. The minimum atomic E-state index is -4.05. The number of ether oxygens (including phenoxy) is 1. The van der Waals surface area contributed by atoms with Gasteiger partial charge in [0.25, 0.3) is 10.0 Å². The lowest BCUT2D eigenvalue weighted by atomic mass is 10.2. The Hall–Kier alpha value is -2.50. The Morgan fingerprint density at radius 2 is 1.97 bits per heavy atom. The Kier molecular flexibility index (Phi) is 8.33. The van der Waals surface area contributed by atoms with Gasteiger partial charge in [-0.05, 0) is 38.4 Å². The maximum atomic E-state index is 13.9. The number of rotatable bonds is 10. The molecule has 0 aliphatic heterocycles. The Balaban J connectivity index is 2.10. The molecule has 8 nitrogen and oxygen atoms in total. The van der Waals surface area contributed by atoms with Crippen LogP contribution in [0.15, 0.2) is 41.4 Å². The van der Waals surface area contributed by atoms with E-state index in [2.05, 4.69) is 9.71 Å². The number of likely N-dealkylation sites (N-methyl/N-ethyl adjacent to an activating group) is 1. The molecule has 0 aliphatic rings. The van der Waals surface area contributed by atoms with E-state index >= 15 is 0 Å². The molecule has 1 heterocycles. The summed E-state index contributed by atoms with van der Waals surface area (Å²) in [5, 5.41) is -0.176. The molecular weight excluding hydrogens is 433 g/mol. The minimum Gasteiger partial charge on any atom is -0.489 e. The molecule has 0 saturated carbocycles. The number of Topliss-reactive ketones (excluding diaryl/α,β-unsaturated/α-hetero) is 1. The molecule has 0 bridgehead atoms. The molecule has 0 amide bonds. The first-order chi connectivity index (χ1) is 14.1. The fourth-order valence-electron chi connectivity index (χ4n) is 2.17. The normalized spacial score (nSPS) is 11.4. The van der Waals surface area contributed by atoms with Gasteiger partial charge in [-0.2, -0.15) is 0 Å². The first kappa shape index (κ1) is 23.8. The molecule has 30 heavy (non-hydrogen) atoms. The van der Waals surface area contributed by atoms with Crippen LogP contribution in [0.25, 0.3) is 0 Å². The number of sulfonamides is 1. The van der Waals surface area contributed by atoms with E-state index in [9.17, 15) is 22.4 Å². The Morgan fingerprint density at radius 3 is 2.57 bits per heavy atom. The summed E-state index contributed by atoms with van der Waals surface area (Å²) in [5.41, 5.74) is 0.255. The fourth-order valence-corrected chi connectivity index (χ4v) is 3.69. The van der Waals surface area contributed by atoms with Crippen LogP contribution in [0.5, 0.6) is 5.75 Å². The number of aromatic nitrogens is 1. The van der Waals surface area contributed by atoms with Crippen molar-refractivity contribution < 1.29 is 27.1 Å². The van der Waals surface area contributed by atoms with Crippen LogP contribution in [-0.2, 0) is 14.8 Å². The molecule has 0 spiro atoms. The van der Waals surface area contributed by atoms with Crippen molar-refractivity contribution in [1.29, 1.82) is 0 Å². The number of carbonyl (C=O) groups is 2. The van der Waals surface area contributed by atoms with Crippen molar-refractivity contribution in [2.24, 2.45) is 0 Å². The van der Waals surface area contributed by atoms with Crippen LogP contribution in [0.4, 0.5) is 10.2 Å². The van der Waals surface area contributed by atoms with Gasteiger partial charge in [-0.15, -0.1) is 0 Å². The Morgan fingerprint density at radius 1 is 1.23 bits per heavy atom. The van der Waals surface area contributed by atoms with Gasteiger partial charge in [0.05, 0.1) is 10.6 Å². The number of ketones is 1. The van der Waals surface area contributed by atoms with Gasteiger partial charge in [0.1, 0.15) is 12.4 Å². The highest BCUT2D eigenvalue weighted by Crippen LogP contribution is 2.23. The molecule has 0 saturated heterocycles. The molecule has 0 radical (unpaired) electrons. The number of benzene rings is 1. The molecule has 0 fully saturated rings. The highest BCUT2D eigenvalue weighted by Gasteiger charge is 2.18. The molecule has 1 aromatic heterocycles. The van der Waals surface area contributed by atoms with Crippen LogP contribution in [-0.4, -0.2) is 62.2 Å². The zero-order valence-corrected chi connectivity index (χ0v) is 18.3. The maximum absolute atomic E-state index is 13.9. The van der Waals surface area contributed by atoms with Gasteiger partial charge in [-0.1, -0.05) is 11.8 Å². The monoisotopic (exact) mass is 455 g/mol. The molecule has 0 unspecified atom stereocenters. The van der Waals surface area contributed by atoms with E-state index in [0.29, 0.717) is 6.54 Å².